The number of pyridine rings is 1. The third kappa shape index (κ3) is 4.84. The standard InChI is InChI=1S/C20H27N7O2/c1-24(2)7-5-6-19(28)26-8-9-27-15(12-26)13-29-18-10-16(22-14-25(3)4)17(11-21)23-20(18)27/h5-6,10,14-15H,7-9,12-13H2,1-4H3/b6-5+,22-14+/t15-/m0/s1. The van der Waals surface area contributed by atoms with Crippen LogP contribution in [0.3, 0.4) is 0 Å². The molecule has 0 aliphatic carbocycles. The average Bonchev–Trinajstić information content (AvgIpc) is 2.70. The Morgan fingerprint density at radius 3 is 2.90 bits per heavy atom. The molecule has 0 N–H and O–H groups in total. The molecule has 2 aliphatic heterocycles. The summed E-state index contributed by atoms with van der Waals surface area (Å²) in [6.45, 7) is 3.00. The first-order chi connectivity index (χ1) is 13.9. The van der Waals surface area contributed by atoms with E-state index in [2.05, 4.69) is 20.9 Å². The molecular formula is C20H27N7O2. The number of piperazine rings is 1. The van der Waals surface area contributed by atoms with Crippen LogP contribution in [0, 0.1) is 11.3 Å². The molecule has 1 aromatic heterocycles. The van der Waals surface area contributed by atoms with Crippen LogP contribution in [-0.2, 0) is 4.79 Å². The second kappa shape index (κ2) is 8.92. The van der Waals surface area contributed by atoms with Gasteiger partial charge in [0.25, 0.3) is 0 Å². The summed E-state index contributed by atoms with van der Waals surface area (Å²) in [5, 5.41) is 9.49. The summed E-state index contributed by atoms with van der Waals surface area (Å²) in [5.41, 5.74) is 0.745. The number of hydrogen-bond donors (Lipinski definition) is 0. The van der Waals surface area contributed by atoms with Gasteiger partial charge in [-0.1, -0.05) is 6.08 Å². The van der Waals surface area contributed by atoms with Gasteiger partial charge in [-0.25, -0.2) is 9.98 Å². The molecule has 1 fully saturated rings. The Balaban J connectivity index is 1.75. The lowest BCUT2D eigenvalue weighted by Gasteiger charge is -2.44. The number of hydrogen-bond acceptors (Lipinski definition) is 7. The summed E-state index contributed by atoms with van der Waals surface area (Å²) in [4.78, 5) is 29.1. The quantitative estimate of drug-likeness (QED) is 0.411. The van der Waals surface area contributed by atoms with E-state index >= 15 is 0 Å². The van der Waals surface area contributed by atoms with Crippen molar-refractivity contribution >= 4 is 23.8 Å². The maximum absolute atomic E-state index is 12.5. The number of carbonyl (C=O) groups excluding carboxylic acids is 1. The zero-order valence-electron chi connectivity index (χ0n) is 17.4. The Morgan fingerprint density at radius 1 is 1.41 bits per heavy atom. The van der Waals surface area contributed by atoms with Gasteiger partial charge in [0, 0.05) is 52.4 Å². The monoisotopic (exact) mass is 397 g/mol. The van der Waals surface area contributed by atoms with E-state index < -0.39 is 0 Å². The van der Waals surface area contributed by atoms with Gasteiger partial charge in [0.1, 0.15) is 18.4 Å². The van der Waals surface area contributed by atoms with Crippen LogP contribution in [0.15, 0.2) is 23.2 Å². The Bertz CT molecular complexity index is 857. The van der Waals surface area contributed by atoms with Gasteiger partial charge in [0.15, 0.2) is 17.3 Å². The van der Waals surface area contributed by atoms with Crippen molar-refractivity contribution < 1.29 is 9.53 Å². The van der Waals surface area contributed by atoms with Gasteiger partial charge in [-0.3, -0.25) is 4.79 Å². The lowest BCUT2D eigenvalue weighted by Crippen LogP contribution is -2.58. The Morgan fingerprint density at radius 2 is 2.21 bits per heavy atom. The molecule has 2 aliphatic rings. The highest BCUT2D eigenvalue weighted by molar-refractivity contribution is 5.88. The van der Waals surface area contributed by atoms with Crippen molar-refractivity contribution in [3.63, 3.8) is 0 Å². The molecule has 0 unspecified atom stereocenters. The van der Waals surface area contributed by atoms with E-state index in [9.17, 15) is 10.1 Å². The Hall–Kier alpha value is -3.12. The summed E-state index contributed by atoms with van der Waals surface area (Å²) in [6, 6.07) is 3.90. The van der Waals surface area contributed by atoms with E-state index in [0.29, 0.717) is 43.5 Å². The van der Waals surface area contributed by atoms with Crippen LogP contribution < -0.4 is 9.64 Å². The van der Waals surface area contributed by atoms with E-state index in [1.54, 1.807) is 23.4 Å². The number of rotatable bonds is 5. The molecule has 29 heavy (non-hydrogen) atoms. The van der Waals surface area contributed by atoms with Gasteiger partial charge in [-0.2, -0.15) is 5.26 Å². The van der Waals surface area contributed by atoms with Crippen LogP contribution in [0.4, 0.5) is 11.5 Å². The molecule has 154 valence electrons. The molecule has 1 saturated heterocycles. The van der Waals surface area contributed by atoms with Crippen LogP contribution in [0.1, 0.15) is 5.69 Å². The molecular weight excluding hydrogens is 370 g/mol. The zero-order valence-corrected chi connectivity index (χ0v) is 17.4. The summed E-state index contributed by atoms with van der Waals surface area (Å²) in [6.07, 6.45) is 5.14. The Labute approximate surface area is 171 Å². The van der Waals surface area contributed by atoms with E-state index in [-0.39, 0.29) is 17.6 Å². The predicted octanol–water partition coefficient (Wildman–Crippen LogP) is 0.702. The van der Waals surface area contributed by atoms with Crippen LogP contribution in [0.2, 0.25) is 0 Å². The van der Waals surface area contributed by atoms with Crippen LogP contribution in [0.5, 0.6) is 5.75 Å². The molecule has 3 heterocycles. The van der Waals surface area contributed by atoms with Crippen molar-refractivity contribution in [2.24, 2.45) is 4.99 Å². The summed E-state index contributed by atoms with van der Waals surface area (Å²) in [7, 11) is 7.65. The van der Waals surface area contributed by atoms with Crippen LogP contribution in [-0.4, -0.2) is 98.9 Å². The second-order valence-electron chi connectivity index (χ2n) is 7.60. The number of aromatic nitrogens is 1. The average molecular weight is 397 g/mol. The largest absolute Gasteiger partial charge is 0.487 e. The van der Waals surface area contributed by atoms with Crippen molar-refractivity contribution in [2.45, 2.75) is 6.04 Å². The summed E-state index contributed by atoms with van der Waals surface area (Å²) in [5.74, 6) is 1.28. The van der Waals surface area contributed by atoms with Gasteiger partial charge in [-0.15, -0.1) is 0 Å². The first-order valence-corrected chi connectivity index (χ1v) is 9.54. The fourth-order valence-electron chi connectivity index (χ4n) is 3.28. The molecule has 9 heteroatoms. The number of fused-ring (bicyclic) bond motifs is 3. The highest BCUT2D eigenvalue weighted by Gasteiger charge is 2.35. The maximum Gasteiger partial charge on any atom is 0.246 e. The molecule has 1 aromatic rings. The van der Waals surface area contributed by atoms with E-state index in [0.717, 1.165) is 6.54 Å². The molecule has 0 radical (unpaired) electrons. The van der Waals surface area contributed by atoms with Crippen LogP contribution in [0.25, 0.3) is 0 Å². The second-order valence-corrected chi connectivity index (χ2v) is 7.60. The first-order valence-electron chi connectivity index (χ1n) is 9.54. The van der Waals surface area contributed by atoms with Crippen molar-refractivity contribution in [2.75, 3.05) is 65.9 Å². The molecule has 0 bridgehead atoms. The van der Waals surface area contributed by atoms with E-state index in [1.807, 2.05) is 44.1 Å². The van der Waals surface area contributed by atoms with Crippen molar-refractivity contribution in [1.82, 2.24) is 19.7 Å². The van der Waals surface area contributed by atoms with Gasteiger partial charge < -0.3 is 24.3 Å². The molecule has 0 aromatic carbocycles. The third-order valence-electron chi connectivity index (χ3n) is 4.71. The Kier molecular flexibility index (Phi) is 6.34. The third-order valence-corrected chi connectivity index (χ3v) is 4.71. The zero-order chi connectivity index (χ0) is 21.0. The number of nitrogens with zero attached hydrogens (tertiary/aromatic N) is 7. The van der Waals surface area contributed by atoms with E-state index in [4.69, 9.17) is 4.74 Å². The fraction of sp³-hybridized carbons (Fsp3) is 0.500. The minimum absolute atomic E-state index is 0.0105. The van der Waals surface area contributed by atoms with Gasteiger partial charge in [-0.05, 0) is 14.1 Å². The number of carbonyl (C=O) groups is 1. The molecule has 0 saturated carbocycles. The summed E-state index contributed by atoms with van der Waals surface area (Å²) >= 11 is 0. The number of likely N-dealkylation sites (N-methyl/N-ethyl adjacent to an activating group) is 1. The minimum atomic E-state index is 0.0105. The first kappa shape index (κ1) is 20.6. The predicted molar refractivity (Wildman–Crippen MR) is 112 cm³/mol. The SMILES string of the molecule is CN(C)/C=N/c1cc2c(nc1C#N)N1CCN(C(=O)/C=C/CN(C)C)C[C@H]1CO2. The normalized spacial score (nSPS) is 18.6. The lowest BCUT2D eigenvalue weighted by molar-refractivity contribution is -0.127. The molecule has 1 atom stereocenters. The highest BCUT2D eigenvalue weighted by Crippen LogP contribution is 2.37. The van der Waals surface area contributed by atoms with Crippen molar-refractivity contribution in [3.05, 3.63) is 23.9 Å². The maximum atomic E-state index is 12.5. The van der Waals surface area contributed by atoms with Crippen molar-refractivity contribution in [1.29, 1.82) is 5.26 Å². The lowest BCUT2D eigenvalue weighted by atomic mass is 10.1. The fourth-order valence-corrected chi connectivity index (χ4v) is 3.28. The summed E-state index contributed by atoms with van der Waals surface area (Å²) < 4.78 is 5.92. The minimum Gasteiger partial charge on any atom is -0.487 e. The molecule has 3 rings (SSSR count). The molecule has 9 nitrogen and oxygen atoms in total. The van der Waals surface area contributed by atoms with Gasteiger partial charge in [0.05, 0.1) is 12.4 Å². The van der Waals surface area contributed by atoms with Crippen LogP contribution >= 0.6 is 0 Å². The number of aliphatic imine (C=N–C) groups is 1. The highest BCUT2D eigenvalue weighted by atomic mass is 16.5. The molecule has 0 spiro atoms. The smallest absolute Gasteiger partial charge is 0.246 e. The number of nitriles is 1. The number of amides is 1. The number of anilines is 1. The number of ether oxygens (including phenoxy) is 1. The van der Waals surface area contributed by atoms with E-state index in [1.165, 1.54) is 0 Å². The molecule has 1 amide bonds. The topological polar surface area (TPSA) is 88.3 Å². The van der Waals surface area contributed by atoms with Gasteiger partial charge in [0.2, 0.25) is 5.91 Å². The van der Waals surface area contributed by atoms with Gasteiger partial charge >= 0.3 is 0 Å². The van der Waals surface area contributed by atoms with Crippen molar-refractivity contribution in [3.8, 4) is 11.8 Å².